The van der Waals surface area contributed by atoms with Crippen molar-refractivity contribution in [3.05, 3.63) is 47.5 Å². The van der Waals surface area contributed by atoms with Crippen molar-refractivity contribution in [3.8, 4) is 5.75 Å². The summed E-state index contributed by atoms with van der Waals surface area (Å²) in [7, 11) is 1.41. The zero-order valence-corrected chi connectivity index (χ0v) is 20.8. The van der Waals surface area contributed by atoms with Gasteiger partial charge in [0.1, 0.15) is 19.0 Å². The second kappa shape index (κ2) is 11.8. The summed E-state index contributed by atoms with van der Waals surface area (Å²) in [5, 5.41) is 2.63. The molecule has 1 saturated heterocycles. The lowest BCUT2D eigenvalue weighted by atomic mass is 10.1. The van der Waals surface area contributed by atoms with Crippen LogP contribution in [0.5, 0.6) is 5.75 Å². The van der Waals surface area contributed by atoms with Crippen LogP contribution in [0.4, 0.5) is 13.2 Å². The molecule has 2 aliphatic rings. The first-order valence-corrected chi connectivity index (χ1v) is 12.0. The number of alkyl halides is 3. The van der Waals surface area contributed by atoms with E-state index in [2.05, 4.69) is 15.3 Å². The number of benzene rings is 1. The third kappa shape index (κ3) is 6.61. The van der Waals surface area contributed by atoms with Crippen molar-refractivity contribution in [2.24, 2.45) is 0 Å². The zero-order chi connectivity index (χ0) is 27.3. The molecule has 206 valence electrons. The van der Waals surface area contributed by atoms with Crippen LogP contribution >= 0.6 is 0 Å². The van der Waals surface area contributed by atoms with Gasteiger partial charge in [-0.15, -0.1) is 0 Å². The lowest BCUT2D eigenvalue weighted by Gasteiger charge is -2.41. The standard InChI is InChI=1S/C24H29F3N6O5/c1-37-14-22(35)32-6-7-33-18(11-32)13-38-20-3-2-16(24(25,26)27)8-19(20)23(36)29-4-5-31(12-21(33)34)10-17-9-28-15-30-17/h2-3,8-9,15,18H,4-7,10-14H2,1H3,(H,28,30)(H,29,36)/t18-/m0/s1. The number of methoxy groups -OCH3 is 1. The van der Waals surface area contributed by atoms with Gasteiger partial charge in [0.15, 0.2) is 0 Å². The third-order valence-corrected chi connectivity index (χ3v) is 6.43. The van der Waals surface area contributed by atoms with Gasteiger partial charge in [0.05, 0.1) is 30.0 Å². The lowest BCUT2D eigenvalue weighted by molar-refractivity contribution is -0.146. The number of imidazole rings is 1. The van der Waals surface area contributed by atoms with E-state index in [1.165, 1.54) is 13.4 Å². The van der Waals surface area contributed by atoms with Crippen LogP contribution in [-0.2, 0) is 27.0 Å². The van der Waals surface area contributed by atoms with Crippen molar-refractivity contribution in [1.29, 1.82) is 0 Å². The molecular formula is C24H29F3N6O5. The average Bonchev–Trinajstić information content (AvgIpc) is 3.39. The van der Waals surface area contributed by atoms with E-state index in [4.69, 9.17) is 9.47 Å². The molecule has 1 fully saturated rings. The van der Waals surface area contributed by atoms with Crippen LogP contribution in [0.3, 0.4) is 0 Å². The Hall–Kier alpha value is -3.65. The summed E-state index contributed by atoms with van der Waals surface area (Å²) < 4.78 is 50.9. The smallest absolute Gasteiger partial charge is 0.416 e. The van der Waals surface area contributed by atoms with E-state index in [1.807, 2.05) is 0 Å². The first-order valence-electron chi connectivity index (χ1n) is 12.0. The topological polar surface area (TPSA) is 120 Å². The zero-order valence-electron chi connectivity index (χ0n) is 20.8. The second-order valence-electron chi connectivity index (χ2n) is 9.08. The largest absolute Gasteiger partial charge is 0.491 e. The molecule has 0 spiro atoms. The van der Waals surface area contributed by atoms with Gasteiger partial charge in [-0.1, -0.05) is 0 Å². The number of hydrogen-bond acceptors (Lipinski definition) is 7. The molecule has 11 nitrogen and oxygen atoms in total. The number of nitrogens with one attached hydrogen (secondary N) is 2. The minimum Gasteiger partial charge on any atom is -0.491 e. The normalized spacial score (nSPS) is 19.8. The molecule has 4 rings (SSSR count). The molecule has 1 aromatic heterocycles. The van der Waals surface area contributed by atoms with Crippen molar-refractivity contribution < 1.29 is 37.0 Å². The highest BCUT2D eigenvalue weighted by Crippen LogP contribution is 2.33. The van der Waals surface area contributed by atoms with E-state index in [0.717, 1.165) is 23.9 Å². The average molecular weight is 539 g/mol. The quantitative estimate of drug-likeness (QED) is 0.589. The number of piperazine rings is 1. The summed E-state index contributed by atoms with van der Waals surface area (Å²) >= 11 is 0. The number of carbonyl (C=O) groups excluding carboxylic acids is 3. The fourth-order valence-corrected chi connectivity index (χ4v) is 4.49. The van der Waals surface area contributed by atoms with E-state index >= 15 is 0 Å². The first kappa shape index (κ1) is 27.4. The lowest BCUT2D eigenvalue weighted by Crippen LogP contribution is -2.60. The van der Waals surface area contributed by atoms with Crippen molar-refractivity contribution in [2.75, 3.05) is 59.6 Å². The van der Waals surface area contributed by atoms with Gasteiger partial charge < -0.3 is 29.6 Å². The van der Waals surface area contributed by atoms with Crippen LogP contribution in [0.15, 0.2) is 30.7 Å². The molecule has 3 heterocycles. The number of fused-ring (bicyclic) bond motifs is 2. The van der Waals surface area contributed by atoms with Crippen LogP contribution in [0.25, 0.3) is 0 Å². The van der Waals surface area contributed by atoms with Crippen LogP contribution < -0.4 is 10.1 Å². The number of rotatable bonds is 4. The Bertz CT molecular complexity index is 1140. The van der Waals surface area contributed by atoms with Crippen molar-refractivity contribution in [3.63, 3.8) is 0 Å². The molecule has 0 radical (unpaired) electrons. The van der Waals surface area contributed by atoms with E-state index in [1.54, 1.807) is 20.9 Å². The Morgan fingerprint density at radius 2 is 2.05 bits per heavy atom. The number of amides is 3. The molecule has 2 N–H and O–H groups in total. The van der Waals surface area contributed by atoms with Crippen LogP contribution in [0, 0.1) is 0 Å². The predicted molar refractivity (Wildman–Crippen MR) is 127 cm³/mol. The summed E-state index contributed by atoms with van der Waals surface area (Å²) in [6.07, 6.45) is -1.51. The number of aromatic nitrogens is 2. The SMILES string of the molecule is COCC(=O)N1CCN2C(=O)CN(Cc3cnc[nH]3)CCNC(=O)c3cc(C(F)(F)F)ccc3OC[C@@H]2C1. The van der Waals surface area contributed by atoms with Gasteiger partial charge >= 0.3 is 6.18 Å². The maximum Gasteiger partial charge on any atom is 0.416 e. The van der Waals surface area contributed by atoms with Gasteiger partial charge in [0.25, 0.3) is 5.91 Å². The fraction of sp³-hybridized carbons (Fsp3) is 0.500. The summed E-state index contributed by atoms with van der Waals surface area (Å²) in [5.41, 5.74) is -0.491. The molecule has 0 unspecified atom stereocenters. The van der Waals surface area contributed by atoms with Gasteiger partial charge in [-0.25, -0.2) is 4.98 Å². The molecule has 1 atom stereocenters. The second-order valence-corrected chi connectivity index (χ2v) is 9.08. The monoisotopic (exact) mass is 538 g/mol. The van der Waals surface area contributed by atoms with E-state index < -0.39 is 23.7 Å². The summed E-state index contributed by atoms with van der Waals surface area (Å²) in [6, 6.07) is 2.11. The Kier molecular flexibility index (Phi) is 8.52. The summed E-state index contributed by atoms with van der Waals surface area (Å²) in [5.74, 6) is -1.22. The number of aromatic amines is 1. The van der Waals surface area contributed by atoms with Crippen molar-refractivity contribution in [1.82, 2.24) is 30.0 Å². The summed E-state index contributed by atoms with van der Waals surface area (Å²) in [6.45, 7) is 1.13. The van der Waals surface area contributed by atoms with E-state index in [9.17, 15) is 27.6 Å². The number of carbonyl (C=O) groups is 3. The molecule has 0 saturated carbocycles. The molecule has 38 heavy (non-hydrogen) atoms. The van der Waals surface area contributed by atoms with Crippen molar-refractivity contribution in [2.45, 2.75) is 18.8 Å². The summed E-state index contributed by atoms with van der Waals surface area (Å²) in [4.78, 5) is 50.8. The number of ether oxygens (including phenoxy) is 2. The highest BCUT2D eigenvalue weighted by atomic mass is 19.4. The van der Waals surface area contributed by atoms with Gasteiger partial charge in [0, 0.05) is 58.3 Å². The maximum absolute atomic E-state index is 13.4. The predicted octanol–water partition coefficient (Wildman–Crippen LogP) is 0.739. The Morgan fingerprint density at radius 3 is 2.76 bits per heavy atom. The molecule has 2 aliphatic heterocycles. The number of nitrogens with zero attached hydrogens (tertiary/aromatic N) is 4. The van der Waals surface area contributed by atoms with Gasteiger partial charge in [-0.3, -0.25) is 19.3 Å². The Balaban J connectivity index is 1.64. The highest BCUT2D eigenvalue weighted by Gasteiger charge is 2.35. The molecule has 0 aliphatic carbocycles. The fourth-order valence-electron chi connectivity index (χ4n) is 4.49. The Labute approximate surface area is 216 Å². The molecular weight excluding hydrogens is 509 g/mol. The Morgan fingerprint density at radius 1 is 1.24 bits per heavy atom. The molecule has 3 amide bonds. The van der Waals surface area contributed by atoms with E-state index in [0.29, 0.717) is 13.1 Å². The highest BCUT2D eigenvalue weighted by molar-refractivity contribution is 5.97. The maximum atomic E-state index is 13.4. The minimum absolute atomic E-state index is 0.0164. The van der Waals surface area contributed by atoms with E-state index in [-0.39, 0.29) is 69.1 Å². The minimum atomic E-state index is -4.65. The van der Waals surface area contributed by atoms with Crippen LogP contribution in [-0.4, -0.2) is 108 Å². The van der Waals surface area contributed by atoms with Crippen LogP contribution in [0.2, 0.25) is 0 Å². The third-order valence-electron chi connectivity index (χ3n) is 6.43. The molecule has 1 aromatic carbocycles. The number of H-pyrrole nitrogens is 1. The molecule has 14 heteroatoms. The molecule has 0 bridgehead atoms. The van der Waals surface area contributed by atoms with Gasteiger partial charge in [-0.05, 0) is 18.2 Å². The number of hydrogen-bond donors (Lipinski definition) is 2. The molecule has 2 aromatic rings. The van der Waals surface area contributed by atoms with Crippen molar-refractivity contribution >= 4 is 17.7 Å². The van der Waals surface area contributed by atoms with Gasteiger partial charge in [0.2, 0.25) is 11.8 Å². The number of halogens is 3. The first-order chi connectivity index (χ1) is 18.2. The van der Waals surface area contributed by atoms with Crippen LogP contribution in [0.1, 0.15) is 21.6 Å². The van der Waals surface area contributed by atoms with Gasteiger partial charge in [-0.2, -0.15) is 13.2 Å².